The number of aliphatic carboxylic acids is 2. The normalized spacial score (nSPS) is 9.36. The smallest absolute Gasteiger partial charge is 0.550 e. The second-order valence-corrected chi connectivity index (χ2v) is 6.02. The van der Waals surface area contributed by atoms with Crippen molar-refractivity contribution in [1.82, 2.24) is 0 Å². The van der Waals surface area contributed by atoms with Crippen molar-refractivity contribution in [1.29, 1.82) is 0 Å². The monoisotopic (exact) mass is 364 g/mol. The van der Waals surface area contributed by atoms with E-state index in [9.17, 15) is 19.8 Å². The minimum Gasteiger partial charge on any atom is -0.550 e. The van der Waals surface area contributed by atoms with Crippen molar-refractivity contribution in [3.05, 3.63) is 0 Å². The quantitative estimate of drug-likeness (QED) is 0.292. The molecule has 0 aromatic carbocycles. The molecule has 0 unspecified atom stereocenters. The molecule has 0 atom stereocenters. The number of hydrogen-bond donors (Lipinski definition) is 0. The predicted octanol–water partition coefficient (Wildman–Crippen LogP) is -4.09. The predicted molar refractivity (Wildman–Crippen MR) is 76.6 cm³/mol. The third-order valence-corrected chi connectivity index (χ3v) is 2.82. The summed E-state index contributed by atoms with van der Waals surface area (Å²) < 4.78 is 0. The van der Waals surface area contributed by atoms with Crippen LogP contribution in [0.4, 0.5) is 0 Å². The van der Waals surface area contributed by atoms with Gasteiger partial charge < -0.3 is 19.8 Å². The molecule has 120 valence electrons. The van der Waals surface area contributed by atoms with Crippen molar-refractivity contribution >= 4 is 11.9 Å². The Morgan fingerprint density at radius 3 is 1.14 bits per heavy atom. The number of hydrogen-bond acceptors (Lipinski definition) is 4. The summed E-state index contributed by atoms with van der Waals surface area (Å²) >= 11 is 0. The first-order valence-corrected chi connectivity index (χ1v) is 7.65. The topological polar surface area (TPSA) is 80.3 Å². The maximum Gasteiger partial charge on any atom is 1.00 e. The Morgan fingerprint density at radius 2 is 0.955 bits per heavy atom. The fourth-order valence-corrected chi connectivity index (χ4v) is 1.64. The van der Waals surface area contributed by atoms with Gasteiger partial charge in [0.05, 0.1) is 0 Å². The first kappa shape index (κ1) is 31.9. The minimum atomic E-state index is -0.927. The third-order valence-electron chi connectivity index (χ3n) is 2.82. The van der Waals surface area contributed by atoms with Gasteiger partial charge in [0.25, 0.3) is 0 Å². The summed E-state index contributed by atoms with van der Waals surface area (Å²) in [7, 11) is 0. The molecule has 0 heterocycles. The summed E-state index contributed by atoms with van der Waals surface area (Å²) in [6.07, 6.45) is 6.21. The minimum absolute atomic E-state index is 0. The van der Waals surface area contributed by atoms with E-state index in [0.717, 1.165) is 38.5 Å². The van der Waals surface area contributed by atoms with E-state index >= 15 is 0 Å². The molecular formula is C16H30K2O4. The van der Waals surface area contributed by atoms with Gasteiger partial charge in [0, 0.05) is 11.9 Å². The standard InChI is InChI=1S/2C8H16O2.2K/c2*1-7(2)5-3-4-6-8(9)10;;/h2*7H,3-6H2,1-2H3,(H,9,10);;/q;;2*+1/p-2. The second-order valence-electron chi connectivity index (χ2n) is 6.02. The SMILES string of the molecule is CC(C)CCCCC(=O)[O-].CC(C)CCCCC(=O)[O-].[K+].[K+]. The maximum atomic E-state index is 9.93. The molecule has 0 aromatic heterocycles. The van der Waals surface area contributed by atoms with Gasteiger partial charge in [-0.3, -0.25) is 0 Å². The van der Waals surface area contributed by atoms with E-state index in [4.69, 9.17) is 0 Å². The summed E-state index contributed by atoms with van der Waals surface area (Å²) in [6, 6.07) is 0. The Morgan fingerprint density at radius 1 is 0.682 bits per heavy atom. The van der Waals surface area contributed by atoms with Crippen LogP contribution in [0.25, 0.3) is 0 Å². The average molecular weight is 365 g/mol. The van der Waals surface area contributed by atoms with Gasteiger partial charge in [-0.05, 0) is 37.5 Å². The number of carbonyl (C=O) groups excluding carboxylic acids is 2. The molecule has 0 radical (unpaired) electrons. The van der Waals surface area contributed by atoms with E-state index < -0.39 is 11.9 Å². The molecule has 0 rings (SSSR count). The summed E-state index contributed by atoms with van der Waals surface area (Å²) in [5, 5.41) is 19.9. The largest absolute Gasteiger partial charge is 1.00 e. The van der Waals surface area contributed by atoms with E-state index in [0.29, 0.717) is 11.8 Å². The molecule has 22 heavy (non-hydrogen) atoms. The third kappa shape index (κ3) is 38.0. The van der Waals surface area contributed by atoms with E-state index in [1.807, 2.05) is 0 Å². The Bertz CT molecular complexity index is 231. The van der Waals surface area contributed by atoms with Gasteiger partial charge in [0.2, 0.25) is 0 Å². The molecule has 0 aliphatic heterocycles. The van der Waals surface area contributed by atoms with Gasteiger partial charge in [-0.1, -0.05) is 53.4 Å². The Labute approximate surface area is 221 Å². The van der Waals surface area contributed by atoms with E-state index in [2.05, 4.69) is 27.7 Å². The van der Waals surface area contributed by atoms with Crippen LogP contribution in [0.15, 0.2) is 0 Å². The average Bonchev–Trinajstić information content (AvgIpc) is 2.30. The van der Waals surface area contributed by atoms with Crippen LogP contribution in [0.5, 0.6) is 0 Å². The number of carboxylic acids is 2. The van der Waals surface area contributed by atoms with Crippen LogP contribution in [-0.4, -0.2) is 11.9 Å². The van der Waals surface area contributed by atoms with Crippen molar-refractivity contribution in [2.24, 2.45) is 11.8 Å². The van der Waals surface area contributed by atoms with Crippen molar-refractivity contribution in [3.63, 3.8) is 0 Å². The van der Waals surface area contributed by atoms with Gasteiger partial charge >= 0.3 is 103 Å². The molecule has 0 saturated heterocycles. The van der Waals surface area contributed by atoms with Crippen LogP contribution in [0.3, 0.4) is 0 Å². The Hall–Kier alpha value is 2.21. The second kappa shape index (κ2) is 23.2. The van der Waals surface area contributed by atoms with Gasteiger partial charge in [0.15, 0.2) is 0 Å². The van der Waals surface area contributed by atoms with Crippen molar-refractivity contribution in [2.45, 2.75) is 79.1 Å². The summed E-state index contributed by atoms with van der Waals surface area (Å²) in [4.78, 5) is 19.9. The number of carbonyl (C=O) groups is 2. The summed E-state index contributed by atoms with van der Waals surface area (Å²) in [6.45, 7) is 8.55. The van der Waals surface area contributed by atoms with Crippen molar-refractivity contribution in [2.75, 3.05) is 0 Å². The summed E-state index contributed by atoms with van der Waals surface area (Å²) in [5.74, 6) is -0.490. The molecule has 0 N–H and O–H groups in total. The van der Waals surface area contributed by atoms with Gasteiger partial charge in [-0.2, -0.15) is 0 Å². The molecule has 0 saturated carbocycles. The van der Waals surface area contributed by atoms with Crippen LogP contribution in [0.1, 0.15) is 79.1 Å². The van der Waals surface area contributed by atoms with Gasteiger partial charge in [-0.25, -0.2) is 0 Å². The van der Waals surface area contributed by atoms with Crippen LogP contribution < -0.4 is 113 Å². The van der Waals surface area contributed by atoms with E-state index in [1.165, 1.54) is 0 Å². The molecule has 0 fully saturated rings. The molecule has 0 aliphatic carbocycles. The molecule has 0 amide bonds. The van der Waals surface area contributed by atoms with Gasteiger partial charge in [-0.15, -0.1) is 0 Å². The molecular weight excluding hydrogens is 334 g/mol. The Balaban J connectivity index is -0.000000135. The number of unbranched alkanes of at least 4 members (excludes halogenated alkanes) is 2. The number of carboxylic acid groups (broad SMARTS) is 2. The molecule has 0 aromatic rings. The molecule has 6 heteroatoms. The van der Waals surface area contributed by atoms with Crippen LogP contribution >= 0.6 is 0 Å². The van der Waals surface area contributed by atoms with Crippen molar-refractivity contribution in [3.8, 4) is 0 Å². The zero-order valence-corrected chi connectivity index (χ0v) is 21.7. The fourth-order valence-electron chi connectivity index (χ4n) is 1.64. The summed E-state index contributed by atoms with van der Waals surface area (Å²) in [5.41, 5.74) is 0. The molecule has 0 aliphatic rings. The first-order valence-electron chi connectivity index (χ1n) is 7.65. The van der Waals surface area contributed by atoms with Crippen LogP contribution in [0, 0.1) is 11.8 Å². The van der Waals surface area contributed by atoms with Crippen LogP contribution in [0.2, 0.25) is 0 Å². The zero-order chi connectivity index (χ0) is 16.0. The first-order chi connectivity index (χ1) is 9.25. The molecule has 0 spiro atoms. The van der Waals surface area contributed by atoms with Crippen LogP contribution in [-0.2, 0) is 9.59 Å². The van der Waals surface area contributed by atoms with Gasteiger partial charge in [0.1, 0.15) is 0 Å². The fraction of sp³-hybridized carbons (Fsp3) is 0.875. The Kier molecular flexibility index (Phi) is 33.7. The van der Waals surface area contributed by atoms with Crippen molar-refractivity contribution < 1.29 is 123 Å². The number of rotatable bonds is 10. The van der Waals surface area contributed by atoms with E-state index in [-0.39, 0.29) is 116 Å². The zero-order valence-electron chi connectivity index (χ0n) is 15.4. The van der Waals surface area contributed by atoms with E-state index in [1.54, 1.807) is 0 Å². The maximum absolute atomic E-state index is 9.93. The molecule has 4 nitrogen and oxygen atoms in total. The molecule has 0 bridgehead atoms.